The number of anilines is 1. The minimum atomic E-state index is -0.307. The van der Waals surface area contributed by atoms with Crippen molar-refractivity contribution in [2.24, 2.45) is 0 Å². The number of pyridine rings is 1. The van der Waals surface area contributed by atoms with Crippen molar-refractivity contribution in [3.8, 4) is 0 Å². The number of hydrogen-bond acceptors (Lipinski definition) is 3. The summed E-state index contributed by atoms with van der Waals surface area (Å²) < 4.78 is 5.81. The fraction of sp³-hybridized carbons (Fsp3) is 0. The molecular weight excluding hydrogens is 312 g/mol. The van der Waals surface area contributed by atoms with Crippen LogP contribution in [-0.2, 0) is 0 Å². The smallest absolute Gasteiger partial charge is 0.258 e. The monoisotopic (exact) mass is 322 g/mol. The lowest BCUT2D eigenvalue weighted by molar-refractivity contribution is 0.102. The third-order valence-corrected chi connectivity index (χ3v) is 3.94. The van der Waals surface area contributed by atoms with E-state index in [0.717, 1.165) is 21.9 Å². The molecule has 1 N–H and O–H groups in total. The summed E-state index contributed by atoms with van der Waals surface area (Å²) in [5.41, 5.74) is 2.52. The number of carbonyl (C=O) groups is 1. The van der Waals surface area contributed by atoms with Crippen molar-refractivity contribution in [2.45, 2.75) is 0 Å². The number of fused-ring (bicyclic) bond motifs is 3. The van der Waals surface area contributed by atoms with Gasteiger partial charge in [0, 0.05) is 28.7 Å². The fourth-order valence-corrected chi connectivity index (χ4v) is 2.76. The largest absolute Gasteiger partial charge is 0.456 e. The van der Waals surface area contributed by atoms with E-state index in [4.69, 9.17) is 16.0 Å². The molecule has 0 spiro atoms. The van der Waals surface area contributed by atoms with Gasteiger partial charge in [-0.15, -0.1) is 0 Å². The lowest BCUT2D eigenvalue weighted by atomic mass is 10.1. The number of halogens is 1. The van der Waals surface area contributed by atoms with E-state index < -0.39 is 0 Å². The van der Waals surface area contributed by atoms with E-state index in [0.29, 0.717) is 11.3 Å². The Bertz CT molecular complexity index is 1040. The van der Waals surface area contributed by atoms with Gasteiger partial charge < -0.3 is 9.73 Å². The van der Waals surface area contributed by atoms with Gasteiger partial charge in [0.1, 0.15) is 16.3 Å². The molecule has 0 aliphatic heterocycles. The number of rotatable bonds is 2. The quantitative estimate of drug-likeness (QED) is 0.535. The maximum absolute atomic E-state index is 12.3. The number of hydrogen-bond donors (Lipinski definition) is 1. The molecule has 4 nitrogen and oxygen atoms in total. The van der Waals surface area contributed by atoms with Crippen LogP contribution >= 0.6 is 11.6 Å². The lowest BCUT2D eigenvalue weighted by Crippen LogP contribution is -2.12. The normalized spacial score (nSPS) is 11.0. The van der Waals surface area contributed by atoms with E-state index in [1.807, 2.05) is 36.4 Å². The molecule has 2 aromatic heterocycles. The number of nitrogens with zero attached hydrogens (tertiary/aromatic N) is 1. The summed E-state index contributed by atoms with van der Waals surface area (Å²) in [6, 6.07) is 16.7. The molecule has 0 bridgehead atoms. The number of aromatic nitrogens is 1. The van der Waals surface area contributed by atoms with Gasteiger partial charge in [-0.1, -0.05) is 29.8 Å². The topological polar surface area (TPSA) is 55.1 Å². The van der Waals surface area contributed by atoms with Crippen LogP contribution in [0.4, 0.5) is 5.69 Å². The maximum atomic E-state index is 12.3. The molecule has 23 heavy (non-hydrogen) atoms. The second kappa shape index (κ2) is 5.41. The van der Waals surface area contributed by atoms with E-state index in [-0.39, 0.29) is 11.1 Å². The van der Waals surface area contributed by atoms with Gasteiger partial charge in [0.2, 0.25) is 0 Å². The number of carbonyl (C=O) groups excluding carboxylic acids is 1. The summed E-state index contributed by atoms with van der Waals surface area (Å²) in [6.45, 7) is 0. The lowest BCUT2D eigenvalue weighted by Gasteiger charge is -2.06. The summed E-state index contributed by atoms with van der Waals surface area (Å²) >= 11 is 5.94. The fourth-order valence-electron chi connectivity index (χ4n) is 2.56. The van der Waals surface area contributed by atoms with Crippen LogP contribution in [0.15, 0.2) is 65.2 Å². The third kappa shape index (κ3) is 2.43. The van der Waals surface area contributed by atoms with Gasteiger partial charge in [-0.3, -0.25) is 4.79 Å². The molecule has 0 saturated carbocycles. The average molecular weight is 323 g/mol. The molecule has 2 heterocycles. The zero-order chi connectivity index (χ0) is 15.8. The molecule has 2 aromatic carbocycles. The van der Waals surface area contributed by atoms with Crippen LogP contribution in [0.3, 0.4) is 0 Å². The zero-order valence-corrected chi connectivity index (χ0v) is 12.7. The summed E-state index contributed by atoms with van der Waals surface area (Å²) in [7, 11) is 0. The van der Waals surface area contributed by atoms with Crippen molar-refractivity contribution in [2.75, 3.05) is 5.32 Å². The van der Waals surface area contributed by atoms with Crippen molar-refractivity contribution in [3.63, 3.8) is 0 Å². The second-order valence-corrected chi connectivity index (χ2v) is 5.46. The van der Waals surface area contributed by atoms with Crippen LogP contribution in [0.5, 0.6) is 0 Å². The van der Waals surface area contributed by atoms with Crippen molar-refractivity contribution < 1.29 is 9.21 Å². The Kier molecular flexibility index (Phi) is 3.24. The Morgan fingerprint density at radius 2 is 1.83 bits per heavy atom. The highest BCUT2D eigenvalue weighted by Gasteiger charge is 2.12. The molecule has 0 radical (unpaired) electrons. The predicted octanol–water partition coefficient (Wildman–Crippen LogP) is 4.89. The standard InChI is InChI=1S/C18H11ClN2O2/c19-17-14(5-3-9-20-17)18(22)21-11-7-8-13-12-4-1-2-6-15(12)23-16(13)10-11/h1-10H,(H,21,22). The number of nitrogens with one attached hydrogen (secondary N) is 1. The van der Waals surface area contributed by atoms with Crippen LogP contribution in [0.2, 0.25) is 5.15 Å². The molecule has 4 rings (SSSR count). The molecule has 0 fully saturated rings. The van der Waals surface area contributed by atoms with Gasteiger partial charge in [0.15, 0.2) is 0 Å². The van der Waals surface area contributed by atoms with Gasteiger partial charge in [0.25, 0.3) is 5.91 Å². The van der Waals surface area contributed by atoms with Crippen LogP contribution in [-0.4, -0.2) is 10.9 Å². The Hall–Kier alpha value is -2.85. The number of amides is 1. The third-order valence-electron chi connectivity index (χ3n) is 3.64. The van der Waals surface area contributed by atoms with Gasteiger partial charge in [-0.25, -0.2) is 4.98 Å². The molecule has 112 valence electrons. The van der Waals surface area contributed by atoms with Gasteiger partial charge in [-0.05, 0) is 30.3 Å². The minimum absolute atomic E-state index is 0.176. The zero-order valence-electron chi connectivity index (χ0n) is 11.9. The van der Waals surface area contributed by atoms with Crippen LogP contribution < -0.4 is 5.32 Å². The molecule has 4 aromatic rings. The number of furan rings is 1. The Morgan fingerprint density at radius 1 is 1.00 bits per heavy atom. The highest BCUT2D eigenvalue weighted by Crippen LogP contribution is 2.30. The van der Waals surface area contributed by atoms with E-state index in [9.17, 15) is 4.79 Å². The van der Waals surface area contributed by atoms with E-state index in [1.54, 1.807) is 24.4 Å². The molecule has 0 aliphatic carbocycles. The van der Waals surface area contributed by atoms with Gasteiger partial charge in [0.05, 0.1) is 5.56 Å². The molecule has 0 saturated heterocycles. The summed E-state index contributed by atoms with van der Waals surface area (Å²) in [4.78, 5) is 16.2. The Labute approximate surface area is 136 Å². The van der Waals surface area contributed by atoms with Crippen LogP contribution in [0.1, 0.15) is 10.4 Å². The first-order valence-electron chi connectivity index (χ1n) is 7.05. The van der Waals surface area contributed by atoms with Crippen LogP contribution in [0.25, 0.3) is 21.9 Å². The summed E-state index contributed by atoms with van der Waals surface area (Å²) in [5.74, 6) is -0.307. The summed E-state index contributed by atoms with van der Waals surface area (Å²) in [5, 5.41) is 5.05. The predicted molar refractivity (Wildman–Crippen MR) is 90.9 cm³/mol. The summed E-state index contributed by atoms with van der Waals surface area (Å²) in [6.07, 6.45) is 1.54. The Morgan fingerprint density at radius 3 is 2.70 bits per heavy atom. The molecule has 0 atom stereocenters. The molecule has 0 unspecified atom stereocenters. The first-order chi connectivity index (χ1) is 11.2. The van der Waals surface area contributed by atoms with Crippen LogP contribution in [0, 0.1) is 0 Å². The van der Waals surface area contributed by atoms with Gasteiger partial charge >= 0.3 is 0 Å². The van der Waals surface area contributed by atoms with E-state index in [2.05, 4.69) is 10.3 Å². The van der Waals surface area contributed by atoms with Crippen molar-refractivity contribution in [3.05, 3.63) is 71.5 Å². The first-order valence-corrected chi connectivity index (χ1v) is 7.43. The van der Waals surface area contributed by atoms with Gasteiger partial charge in [-0.2, -0.15) is 0 Å². The average Bonchev–Trinajstić information content (AvgIpc) is 2.92. The van der Waals surface area contributed by atoms with Crippen molar-refractivity contribution >= 4 is 45.1 Å². The highest BCUT2D eigenvalue weighted by molar-refractivity contribution is 6.33. The Balaban J connectivity index is 1.71. The SMILES string of the molecule is O=C(Nc1ccc2c(c1)oc1ccccc12)c1cccnc1Cl. The molecular formula is C18H11ClN2O2. The minimum Gasteiger partial charge on any atom is -0.456 e. The van der Waals surface area contributed by atoms with E-state index in [1.165, 1.54) is 0 Å². The van der Waals surface area contributed by atoms with Crippen molar-refractivity contribution in [1.82, 2.24) is 4.98 Å². The molecule has 0 aliphatic rings. The second-order valence-electron chi connectivity index (χ2n) is 5.11. The maximum Gasteiger partial charge on any atom is 0.258 e. The van der Waals surface area contributed by atoms with Crippen molar-refractivity contribution in [1.29, 1.82) is 0 Å². The molecule has 1 amide bonds. The first kappa shape index (κ1) is 13.8. The number of para-hydroxylation sites is 1. The number of benzene rings is 2. The molecule has 5 heteroatoms. The van der Waals surface area contributed by atoms with E-state index >= 15 is 0 Å². The highest BCUT2D eigenvalue weighted by atomic mass is 35.5.